The van der Waals surface area contributed by atoms with E-state index in [-0.39, 0.29) is 16.1 Å². The van der Waals surface area contributed by atoms with Crippen molar-refractivity contribution in [1.82, 2.24) is 4.31 Å². The van der Waals surface area contributed by atoms with Crippen LogP contribution in [-0.4, -0.2) is 31.7 Å². The number of hydrogen-bond donors (Lipinski definition) is 1. The van der Waals surface area contributed by atoms with Gasteiger partial charge in [-0.2, -0.15) is 4.31 Å². The highest BCUT2D eigenvalue weighted by atomic mass is 32.2. The van der Waals surface area contributed by atoms with Crippen LogP contribution in [0.4, 0.5) is 10.1 Å². The van der Waals surface area contributed by atoms with Crippen molar-refractivity contribution in [3.05, 3.63) is 59.9 Å². The van der Waals surface area contributed by atoms with Crippen LogP contribution in [-0.2, 0) is 10.0 Å². The molecule has 2 aromatic rings. The van der Waals surface area contributed by atoms with Crippen LogP contribution in [0.5, 0.6) is 0 Å². The summed E-state index contributed by atoms with van der Waals surface area (Å²) in [4.78, 5) is 12.4. The van der Waals surface area contributed by atoms with E-state index in [0.717, 1.165) is 6.42 Å². The minimum Gasteiger partial charge on any atom is -0.319 e. The van der Waals surface area contributed by atoms with Crippen LogP contribution in [0.2, 0.25) is 0 Å². The number of anilines is 1. The van der Waals surface area contributed by atoms with Crippen LogP contribution in [0.3, 0.4) is 0 Å². The van der Waals surface area contributed by atoms with E-state index in [1.807, 2.05) is 13.8 Å². The van der Waals surface area contributed by atoms with Crippen LogP contribution >= 0.6 is 0 Å². The number of sulfonamides is 1. The van der Waals surface area contributed by atoms with Crippen molar-refractivity contribution in [3.8, 4) is 0 Å². The largest absolute Gasteiger partial charge is 0.319 e. The Kier molecular flexibility index (Phi) is 5.62. The number of piperidine rings is 1. The summed E-state index contributed by atoms with van der Waals surface area (Å²) in [6, 6.07) is 11.6. The van der Waals surface area contributed by atoms with Gasteiger partial charge in [-0.25, -0.2) is 12.8 Å². The Morgan fingerprint density at radius 2 is 1.63 bits per heavy atom. The van der Waals surface area contributed by atoms with Crippen LogP contribution in [0.15, 0.2) is 53.4 Å². The Morgan fingerprint density at radius 1 is 1.04 bits per heavy atom. The van der Waals surface area contributed by atoms with E-state index >= 15 is 0 Å². The molecule has 2 aromatic carbocycles. The molecular formula is C20H23FN2O3S. The highest BCUT2D eigenvalue weighted by Gasteiger charge is 2.31. The van der Waals surface area contributed by atoms with Gasteiger partial charge in [-0.1, -0.05) is 26.0 Å². The van der Waals surface area contributed by atoms with Crippen molar-refractivity contribution < 1.29 is 17.6 Å². The number of para-hydroxylation sites is 1. The normalized spacial score (nSPS) is 21.0. The van der Waals surface area contributed by atoms with Gasteiger partial charge in [-0.15, -0.1) is 0 Å². The fraction of sp³-hybridized carbons (Fsp3) is 0.350. The van der Waals surface area contributed by atoms with Crippen molar-refractivity contribution in [2.24, 2.45) is 11.8 Å². The van der Waals surface area contributed by atoms with Crippen molar-refractivity contribution in [3.63, 3.8) is 0 Å². The second-order valence-electron chi connectivity index (χ2n) is 7.23. The molecule has 2 atom stereocenters. The fourth-order valence-electron chi connectivity index (χ4n) is 3.49. The first-order valence-corrected chi connectivity index (χ1v) is 10.4. The maximum absolute atomic E-state index is 13.7. The first-order valence-electron chi connectivity index (χ1n) is 8.93. The minimum absolute atomic E-state index is 0.0792. The number of benzene rings is 2. The molecular weight excluding hydrogens is 367 g/mol. The van der Waals surface area contributed by atoms with Gasteiger partial charge >= 0.3 is 0 Å². The third-order valence-corrected chi connectivity index (χ3v) is 6.56. The van der Waals surface area contributed by atoms with Crippen molar-refractivity contribution >= 4 is 21.6 Å². The van der Waals surface area contributed by atoms with Crippen LogP contribution in [0.1, 0.15) is 30.6 Å². The molecule has 1 heterocycles. The predicted octanol–water partition coefficient (Wildman–Crippen LogP) is 3.74. The summed E-state index contributed by atoms with van der Waals surface area (Å²) >= 11 is 0. The zero-order chi connectivity index (χ0) is 19.6. The van der Waals surface area contributed by atoms with E-state index in [2.05, 4.69) is 5.32 Å². The summed E-state index contributed by atoms with van der Waals surface area (Å²) in [5.41, 5.74) is 0.341. The summed E-state index contributed by atoms with van der Waals surface area (Å²) in [5, 5.41) is 2.49. The molecule has 3 rings (SSSR count). The van der Waals surface area contributed by atoms with E-state index in [1.54, 1.807) is 6.07 Å². The summed E-state index contributed by atoms with van der Waals surface area (Å²) in [5.74, 6) is -0.397. The van der Waals surface area contributed by atoms with Gasteiger partial charge in [-0.3, -0.25) is 4.79 Å². The monoisotopic (exact) mass is 390 g/mol. The van der Waals surface area contributed by atoms with Gasteiger partial charge in [0.05, 0.1) is 10.6 Å². The lowest BCUT2D eigenvalue weighted by molar-refractivity contribution is 0.102. The Balaban J connectivity index is 1.76. The molecule has 1 N–H and O–H groups in total. The highest BCUT2D eigenvalue weighted by molar-refractivity contribution is 7.89. The third-order valence-electron chi connectivity index (χ3n) is 4.71. The molecule has 7 heteroatoms. The van der Waals surface area contributed by atoms with Crippen molar-refractivity contribution in [2.75, 3.05) is 18.4 Å². The maximum Gasteiger partial charge on any atom is 0.255 e. The van der Waals surface area contributed by atoms with Gasteiger partial charge in [0.25, 0.3) is 5.91 Å². The minimum atomic E-state index is -3.59. The Bertz CT molecular complexity index is 918. The van der Waals surface area contributed by atoms with E-state index in [9.17, 15) is 17.6 Å². The van der Waals surface area contributed by atoms with E-state index in [1.165, 1.54) is 46.8 Å². The van der Waals surface area contributed by atoms with E-state index < -0.39 is 21.7 Å². The summed E-state index contributed by atoms with van der Waals surface area (Å²) in [6.45, 7) is 5.10. The van der Waals surface area contributed by atoms with Gasteiger partial charge in [0.15, 0.2) is 0 Å². The molecule has 0 unspecified atom stereocenters. The second kappa shape index (κ2) is 7.78. The second-order valence-corrected chi connectivity index (χ2v) is 9.16. The Labute approximate surface area is 159 Å². The van der Waals surface area contributed by atoms with E-state index in [0.29, 0.717) is 24.9 Å². The smallest absolute Gasteiger partial charge is 0.255 e. The molecule has 5 nitrogen and oxygen atoms in total. The van der Waals surface area contributed by atoms with Crippen molar-refractivity contribution in [1.29, 1.82) is 0 Å². The molecule has 0 bridgehead atoms. The molecule has 0 spiro atoms. The molecule has 144 valence electrons. The first kappa shape index (κ1) is 19.5. The molecule has 27 heavy (non-hydrogen) atoms. The molecule has 1 saturated heterocycles. The number of carbonyl (C=O) groups excluding carboxylic acids is 1. The van der Waals surface area contributed by atoms with Gasteiger partial charge in [0.2, 0.25) is 10.0 Å². The number of halogens is 1. The Hall–Kier alpha value is -2.25. The molecule has 0 radical (unpaired) electrons. The standard InChI is InChI=1S/C20H23FN2O3S/c1-14-11-15(2)13-23(12-14)27(25,26)17-9-7-16(8-10-17)20(24)22-19-6-4-3-5-18(19)21/h3-10,14-15H,11-13H2,1-2H3,(H,22,24)/t14-,15+. The van der Waals surface area contributed by atoms with Crippen LogP contribution in [0, 0.1) is 17.7 Å². The lowest BCUT2D eigenvalue weighted by Gasteiger charge is -2.34. The Morgan fingerprint density at radius 3 is 2.22 bits per heavy atom. The molecule has 1 aliphatic heterocycles. The lowest BCUT2D eigenvalue weighted by Crippen LogP contribution is -2.42. The SMILES string of the molecule is C[C@@H]1C[C@H](C)CN(S(=O)(=O)c2ccc(C(=O)Nc3ccccc3F)cc2)C1. The van der Waals surface area contributed by atoms with Gasteiger partial charge < -0.3 is 5.32 Å². The number of carbonyl (C=O) groups is 1. The molecule has 0 aliphatic carbocycles. The van der Waals surface area contributed by atoms with Gasteiger partial charge in [0, 0.05) is 18.7 Å². The van der Waals surface area contributed by atoms with E-state index in [4.69, 9.17) is 0 Å². The summed E-state index contributed by atoms with van der Waals surface area (Å²) in [7, 11) is -3.59. The van der Waals surface area contributed by atoms with Crippen LogP contribution in [0.25, 0.3) is 0 Å². The predicted molar refractivity (Wildman–Crippen MR) is 102 cm³/mol. The zero-order valence-electron chi connectivity index (χ0n) is 15.4. The first-order chi connectivity index (χ1) is 12.8. The topological polar surface area (TPSA) is 66.5 Å². The number of amides is 1. The molecule has 1 aliphatic rings. The fourth-order valence-corrected chi connectivity index (χ4v) is 5.17. The lowest BCUT2D eigenvalue weighted by atomic mass is 9.94. The summed E-state index contributed by atoms with van der Waals surface area (Å²) in [6.07, 6.45) is 1.02. The average molecular weight is 390 g/mol. The number of hydrogen-bond acceptors (Lipinski definition) is 3. The third kappa shape index (κ3) is 4.36. The molecule has 0 saturated carbocycles. The van der Waals surface area contributed by atoms with Crippen LogP contribution < -0.4 is 5.32 Å². The molecule has 1 amide bonds. The number of rotatable bonds is 4. The van der Waals surface area contributed by atoms with Gasteiger partial charge in [-0.05, 0) is 54.7 Å². The highest BCUT2D eigenvalue weighted by Crippen LogP contribution is 2.27. The zero-order valence-corrected chi connectivity index (χ0v) is 16.2. The quantitative estimate of drug-likeness (QED) is 0.865. The number of nitrogens with one attached hydrogen (secondary N) is 1. The maximum atomic E-state index is 13.7. The molecule has 1 fully saturated rings. The average Bonchev–Trinajstić information content (AvgIpc) is 2.63. The van der Waals surface area contributed by atoms with Crippen molar-refractivity contribution in [2.45, 2.75) is 25.2 Å². The molecule has 0 aromatic heterocycles. The number of nitrogens with zero attached hydrogens (tertiary/aromatic N) is 1. The summed E-state index contributed by atoms with van der Waals surface area (Å²) < 4.78 is 40.9. The van der Waals surface area contributed by atoms with Gasteiger partial charge in [0.1, 0.15) is 5.82 Å².